The van der Waals surface area contributed by atoms with Crippen LogP contribution in [0.5, 0.6) is 5.75 Å². The SMILES string of the molecule is CC(C(=O)O)N(CCOc1cccc([N+](=O)[O-])c1)C1CC1. The third-order valence-electron chi connectivity index (χ3n) is 3.52. The average molecular weight is 294 g/mol. The van der Waals surface area contributed by atoms with Crippen molar-refractivity contribution in [2.45, 2.75) is 31.8 Å². The van der Waals surface area contributed by atoms with Gasteiger partial charge in [-0.15, -0.1) is 0 Å². The largest absolute Gasteiger partial charge is 0.492 e. The van der Waals surface area contributed by atoms with Crippen LogP contribution in [0.15, 0.2) is 24.3 Å². The second kappa shape index (κ2) is 6.53. The molecule has 0 spiro atoms. The van der Waals surface area contributed by atoms with Crippen LogP contribution in [-0.2, 0) is 4.79 Å². The second-order valence-corrected chi connectivity index (χ2v) is 5.09. The lowest BCUT2D eigenvalue weighted by Gasteiger charge is -2.25. The van der Waals surface area contributed by atoms with Gasteiger partial charge in [0.15, 0.2) is 0 Å². The molecule has 0 heterocycles. The van der Waals surface area contributed by atoms with E-state index in [1.807, 2.05) is 4.90 Å². The van der Waals surface area contributed by atoms with E-state index in [4.69, 9.17) is 9.84 Å². The number of hydrogen-bond donors (Lipinski definition) is 1. The molecule has 0 aliphatic heterocycles. The fraction of sp³-hybridized carbons (Fsp3) is 0.500. The number of carbonyl (C=O) groups is 1. The first-order valence-corrected chi connectivity index (χ1v) is 6.85. The van der Waals surface area contributed by atoms with E-state index < -0.39 is 16.9 Å². The molecule has 1 aromatic rings. The molecule has 1 aliphatic rings. The lowest BCUT2D eigenvalue weighted by Crippen LogP contribution is -2.42. The molecular formula is C14H18N2O5. The second-order valence-electron chi connectivity index (χ2n) is 5.09. The minimum absolute atomic E-state index is 0.0227. The van der Waals surface area contributed by atoms with Crippen LogP contribution in [0.4, 0.5) is 5.69 Å². The Morgan fingerprint density at radius 2 is 2.29 bits per heavy atom. The van der Waals surface area contributed by atoms with E-state index in [-0.39, 0.29) is 5.69 Å². The van der Waals surface area contributed by atoms with Gasteiger partial charge in [-0.25, -0.2) is 0 Å². The molecule has 1 saturated carbocycles. The van der Waals surface area contributed by atoms with E-state index in [0.29, 0.717) is 24.9 Å². The number of carboxylic acids is 1. The monoisotopic (exact) mass is 294 g/mol. The Morgan fingerprint density at radius 1 is 1.57 bits per heavy atom. The predicted molar refractivity (Wildman–Crippen MR) is 75.4 cm³/mol. The summed E-state index contributed by atoms with van der Waals surface area (Å²) in [5.41, 5.74) is -0.0227. The van der Waals surface area contributed by atoms with Crippen LogP contribution < -0.4 is 4.74 Å². The van der Waals surface area contributed by atoms with Crippen LogP contribution in [0.25, 0.3) is 0 Å². The molecule has 1 unspecified atom stereocenters. The van der Waals surface area contributed by atoms with Gasteiger partial charge < -0.3 is 9.84 Å². The van der Waals surface area contributed by atoms with Crippen molar-refractivity contribution in [1.82, 2.24) is 4.90 Å². The number of hydrogen-bond acceptors (Lipinski definition) is 5. The summed E-state index contributed by atoms with van der Waals surface area (Å²) in [6.45, 7) is 2.45. The van der Waals surface area contributed by atoms with Crippen molar-refractivity contribution in [2.75, 3.05) is 13.2 Å². The van der Waals surface area contributed by atoms with E-state index in [0.717, 1.165) is 12.8 Å². The molecule has 2 rings (SSSR count). The molecule has 1 fully saturated rings. The Labute approximate surface area is 122 Å². The lowest BCUT2D eigenvalue weighted by atomic mass is 10.2. The van der Waals surface area contributed by atoms with Crippen molar-refractivity contribution in [3.05, 3.63) is 34.4 Å². The first-order valence-electron chi connectivity index (χ1n) is 6.85. The van der Waals surface area contributed by atoms with Gasteiger partial charge in [0, 0.05) is 18.7 Å². The molecule has 0 aromatic heterocycles. The predicted octanol–water partition coefficient (Wildman–Crippen LogP) is 1.91. The van der Waals surface area contributed by atoms with Gasteiger partial charge in [0.1, 0.15) is 18.4 Å². The van der Waals surface area contributed by atoms with Gasteiger partial charge in [0.2, 0.25) is 0 Å². The van der Waals surface area contributed by atoms with Gasteiger partial charge in [-0.1, -0.05) is 6.07 Å². The normalized spacial score (nSPS) is 15.7. The summed E-state index contributed by atoms with van der Waals surface area (Å²) in [6, 6.07) is 5.73. The van der Waals surface area contributed by atoms with Gasteiger partial charge in [-0.05, 0) is 25.8 Å². The summed E-state index contributed by atoms with van der Waals surface area (Å²) in [5.74, 6) is -0.430. The maximum absolute atomic E-state index is 11.1. The lowest BCUT2D eigenvalue weighted by molar-refractivity contribution is -0.384. The topological polar surface area (TPSA) is 92.9 Å². The fourth-order valence-corrected chi connectivity index (χ4v) is 2.20. The molecule has 7 nitrogen and oxygen atoms in total. The summed E-state index contributed by atoms with van der Waals surface area (Å²) in [5, 5.41) is 19.8. The van der Waals surface area contributed by atoms with Gasteiger partial charge in [-0.3, -0.25) is 19.8 Å². The van der Waals surface area contributed by atoms with E-state index in [1.54, 1.807) is 19.1 Å². The van der Waals surface area contributed by atoms with Crippen molar-refractivity contribution in [3.8, 4) is 5.75 Å². The van der Waals surface area contributed by atoms with Crippen molar-refractivity contribution >= 4 is 11.7 Å². The molecule has 0 amide bonds. The highest BCUT2D eigenvalue weighted by Crippen LogP contribution is 2.28. The number of ether oxygens (including phenoxy) is 1. The number of nitrogens with zero attached hydrogens (tertiary/aromatic N) is 2. The number of rotatable bonds is 8. The summed E-state index contributed by atoms with van der Waals surface area (Å²) in [4.78, 5) is 23.2. The van der Waals surface area contributed by atoms with Crippen LogP contribution in [-0.4, -0.2) is 46.1 Å². The molecule has 0 bridgehead atoms. The summed E-state index contributed by atoms with van der Waals surface area (Å²) in [7, 11) is 0. The van der Waals surface area contributed by atoms with Crippen molar-refractivity contribution in [1.29, 1.82) is 0 Å². The van der Waals surface area contributed by atoms with Gasteiger partial charge in [0.05, 0.1) is 11.0 Å². The highest BCUT2D eigenvalue weighted by Gasteiger charge is 2.34. The van der Waals surface area contributed by atoms with E-state index in [9.17, 15) is 14.9 Å². The summed E-state index contributed by atoms with van der Waals surface area (Å²) in [6.07, 6.45) is 2.02. The molecule has 1 aliphatic carbocycles. The first kappa shape index (κ1) is 15.2. The Hall–Kier alpha value is -2.15. The molecule has 1 N–H and O–H groups in total. The average Bonchev–Trinajstić information content (AvgIpc) is 3.27. The molecule has 1 aromatic carbocycles. The molecule has 0 radical (unpaired) electrons. The number of aliphatic carboxylic acids is 1. The first-order chi connectivity index (χ1) is 9.99. The standard InChI is InChI=1S/C14H18N2O5/c1-10(14(17)18)15(11-5-6-11)7-8-21-13-4-2-3-12(9-13)16(19)20/h2-4,9-11H,5-8H2,1H3,(H,17,18). The zero-order valence-electron chi connectivity index (χ0n) is 11.8. The van der Waals surface area contributed by atoms with Crippen molar-refractivity contribution in [2.24, 2.45) is 0 Å². The smallest absolute Gasteiger partial charge is 0.320 e. The zero-order chi connectivity index (χ0) is 15.4. The summed E-state index contributed by atoms with van der Waals surface area (Å²) < 4.78 is 5.50. The van der Waals surface area contributed by atoms with Gasteiger partial charge >= 0.3 is 5.97 Å². The number of nitro benzene ring substituents is 1. The number of non-ortho nitro benzene ring substituents is 1. The van der Waals surface area contributed by atoms with E-state index in [2.05, 4.69) is 0 Å². The zero-order valence-corrected chi connectivity index (χ0v) is 11.8. The Morgan fingerprint density at radius 3 is 2.86 bits per heavy atom. The molecule has 0 saturated heterocycles. The van der Waals surface area contributed by atoms with Crippen LogP contribution in [0.2, 0.25) is 0 Å². The molecule has 7 heteroatoms. The maximum Gasteiger partial charge on any atom is 0.320 e. The molecule has 21 heavy (non-hydrogen) atoms. The number of carboxylic acid groups (broad SMARTS) is 1. The Kier molecular flexibility index (Phi) is 4.74. The van der Waals surface area contributed by atoms with Crippen molar-refractivity contribution < 1.29 is 19.6 Å². The Balaban J connectivity index is 1.89. The van der Waals surface area contributed by atoms with Crippen LogP contribution in [0.1, 0.15) is 19.8 Å². The van der Waals surface area contributed by atoms with Crippen molar-refractivity contribution in [3.63, 3.8) is 0 Å². The number of benzene rings is 1. The van der Waals surface area contributed by atoms with Gasteiger partial charge in [-0.2, -0.15) is 0 Å². The Bertz CT molecular complexity index is 530. The highest BCUT2D eigenvalue weighted by atomic mass is 16.6. The van der Waals surface area contributed by atoms with Crippen LogP contribution in [0, 0.1) is 10.1 Å². The van der Waals surface area contributed by atoms with Crippen LogP contribution in [0.3, 0.4) is 0 Å². The quantitative estimate of drug-likeness (QED) is 0.581. The van der Waals surface area contributed by atoms with Gasteiger partial charge in [0.25, 0.3) is 5.69 Å². The molecular weight excluding hydrogens is 276 g/mol. The third-order valence-corrected chi connectivity index (χ3v) is 3.52. The molecule has 1 atom stereocenters. The van der Waals surface area contributed by atoms with E-state index >= 15 is 0 Å². The highest BCUT2D eigenvalue weighted by molar-refractivity contribution is 5.73. The minimum Gasteiger partial charge on any atom is -0.492 e. The third kappa shape index (κ3) is 4.16. The van der Waals surface area contributed by atoms with Crippen LogP contribution >= 0.6 is 0 Å². The fourth-order valence-electron chi connectivity index (χ4n) is 2.20. The minimum atomic E-state index is -0.850. The number of nitro groups is 1. The van der Waals surface area contributed by atoms with E-state index in [1.165, 1.54) is 12.1 Å². The summed E-state index contributed by atoms with van der Waals surface area (Å²) >= 11 is 0. The molecule has 114 valence electrons. The maximum atomic E-state index is 11.1.